The van der Waals surface area contributed by atoms with Crippen LogP contribution in [0.5, 0.6) is 0 Å². The first kappa shape index (κ1) is 15.2. The Balaban J connectivity index is 2.38. The average molecular weight is 328 g/mol. The van der Waals surface area contributed by atoms with Gasteiger partial charge in [0.05, 0.1) is 15.6 Å². The monoisotopic (exact) mass is 327 g/mol. The number of benzene rings is 1. The number of carbonyl (C=O) groups excluding carboxylic acids is 1. The lowest BCUT2D eigenvalue weighted by molar-refractivity contribution is 0.102. The molecule has 1 aromatic carbocycles. The number of pyridine rings is 1. The Morgan fingerprint density at radius 3 is 2.62 bits per heavy atom. The fourth-order valence-electron chi connectivity index (χ4n) is 1.56. The maximum Gasteiger partial charge on any atom is 0.261 e. The number of nitrogens with one attached hydrogen (secondary N) is 2. The highest BCUT2D eigenvalue weighted by Gasteiger charge is 2.15. The van der Waals surface area contributed by atoms with E-state index in [0.717, 1.165) is 6.07 Å². The second kappa shape index (κ2) is 5.68. The first-order chi connectivity index (χ1) is 9.79. The summed E-state index contributed by atoms with van der Waals surface area (Å²) in [6.45, 7) is 0. The minimum Gasteiger partial charge on any atom is -0.367 e. The van der Waals surface area contributed by atoms with Crippen molar-refractivity contribution in [2.45, 2.75) is 4.90 Å². The summed E-state index contributed by atoms with van der Waals surface area (Å²) in [6, 6.07) is 4.80. The molecule has 110 valence electrons. The molecule has 0 aliphatic rings. The Morgan fingerprint density at radius 2 is 2.00 bits per heavy atom. The van der Waals surface area contributed by atoms with Crippen molar-refractivity contribution in [2.24, 2.45) is 5.14 Å². The normalized spacial score (nSPS) is 11.1. The van der Waals surface area contributed by atoms with Gasteiger partial charge in [-0.05, 0) is 18.2 Å². The number of aromatic amines is 1. The van der Waals surface area contributed by atoms with Gasteiger partial charge in [0.2, 0.25) is 10.0 Å². The lowest BCUT2D eigenvalue weighted by Crippen LogP contribution is -2.21. The largest absolute Gasteiger partial charge is 0.367 e. The molecule has 0 radical (unpaired) electrons. The third kappa shape index (κ3) is 3.48. The molecule has 0 aliphatic carbocycles. The van der Waals surface area contributed by atoms with E-state index in [4.69, 9.17) is 16.7 Å². The van der Waals surface area contributed by atoms with Crippen LogP contribution in [0.1, 0.15) is 10.4 Å². The number of H-pyrrole nitrogens is 1. The van der Waals surface area contributed by atoms with E-state index in [9.17, 15) is 18.0 Å². The number of aromatic nitrogens is 1. The minimum absolute atomic E-state index is 0.0384. The highest BCUT2D eigenvalue weighted by Crippen LogP contribution is 2.25. The molecular formula is C12H10ClN3O4S. The minimum atomic E-state index is -3.93. The molecule has 1 amide bonds. The van der Waals surface area contributed by atoms with E-state index in [1.165, 1.54) is 30.6 Å². The number of halogens is 1. The summed E-state index contributed by atoms with van der Waals surface area (Å²) in [5.41, 5.74) is -0.573. The molecule has 0 fully saturated rings. The molecular weight excluding hydrogens is 318 g/mol. The molecule has 4 N–H and O–H groups in total. The van der Waals surface area contributed by atoms with Gasteiger partial charge in [0, 0.05) is 18.5 Å². The lowest BCUT2D eigenvalue weighted by atomic mass is 10.2. The predicted molar refractivity (Wildman–Crippen MR) is 77.8 cm³/mol. The molecule has 2 rings (SSSR count). The number of hydrogen-bond donors (Lipinski definition) is 3. The molecule has 0 spiro atoms. The van der Waals surface area contributed by atoms with Crippen LogP contribution < -0.4 is 15.9 Å². The van der Waals surface area contributed by atoms with Crippen LogP contribution in [-0.4, -0.2) is 19.3 Å². The summed E-state index contributed by atoms with van der Waals surface area (Å²) in [4.78, 5) is 25.9. The highest BCUT2D eigenvalue weighted by atomic mass is 35.5. The summed E-state index contributed by atoms with van der Waals surface area (Å²) in [5, 5.41) is 7.49. The van der Waals surface area contributed by atoms with Crippen LogP contribution in [0.4, 0.5) is 5.69 Å². The molecule has 0 atom stereocenters. The number of rotatable bonds is 3. The van der Waals surface area contributed by atoms with Crippen LogP contribution in [-0.2, 0) is 10.0 Å². The summed E-state index contributed by atoms with van der Waals surface area (Å²) in [7, 11) is -3.93. The molecule has 1 aromatic heterocycles. The maximum atomic E-state index is 12.0. The predicted octanol–water partition coefficient (Wildman–Crippen LogP) is 0.928. The number of amides is 1. The summed E-state index contributed by atoms with van der Waals surface area (Å²) < 4.78 is 22.5. The smallest absolute Gasteiger partial charge is 0.261 e. The van der Waals surface area contributed by atoms with Crippen LogP contribution in [0.15, 0.2) is 46.3 Å². The molecule has 2 aromatic rings. The van der Waals surface area contributed by atoms with E-state index in [2.05, 4.69) is 10.3 Å². The van der Waals surface area contributed by atoms with E-state index in [1.807, 2.05) is 0 Å². The van der Waals surface area contributed by atoms with E-state index in [0.29, 0.717) is 0 Å². The van der Waals surface area contributed by atoms with Crippen molar-refractivity contribution in [3.8, 4) is 0 Å². The molecule has 21 heavy (non-hydrogen) atoms. The number of nitrogens with two attached hydrogens (primary N) is 1. The van der Waals surface area contributed by atoms with E-state index in [-0.39, 0.29) is 21.2 Å². The topological polar surface area (TPSA) is 122 Å². The number of anilines is 1. The molecule has 0 saturated carbocycles. The second-order valence-corrected chi connectivity index (χ2v) is 6.03. The molecule has 7 nitrogen and oxygen atoms in total. The van der Waals surface area contributed by atoms with Gasteiger partial charge in [-0.15, -0.1) is 0 Å². The van der Waals surface area contributed by atoms with Crippen LogP contribution in [0.2, 0.25) is 5.02 Å². The van der Waals surface area contributed by atoms with Crippen LogP contribution in [0.25, 0.3) is 0 Å². The van der Waals surface area contributed by atoms with Crippen molar-refractivity contribution in [1.82, 2.24) is 4.98 Å². The first-order valence-electron chi connectivity index (χ1n) is 5.60. The Kier molecular flexibility index (Phi) is 4.12. The van der Waals surface area contributed by atoms with Crippen molar-refractivity contribution >= 4 is 33.2 Å². The quantitative estimate of drug-likeness (QED) is 0.776. The SMILES string of the molecule is NS(=O)(=O)c1ccc(Cl)c(NC(=O)c2c[nH]ccc2=O)c1. The average Bonchev–Trinajstić information content (AvgIpc) is 2.40. The Hall–Kier alpha value is -2.16. The van der Waals surface area contributed by atoms with Gasteiger partial charge >= 0.3 is 0 Å². The van der Waals surface area contributed by atoms with Gasteiger partial charge in [-0.25, -0.2) is 13.6 Å². The molecule has 0 bridgehead atoms. The van der Waals surface area contributed by atoms with Crippen molar-refractivity contribution in [1.29, 1.82) is 0 Å². The number of carbonyl (C=O) groups is 1. The number of sulfonamides is 1. The number of hydrogen-bond acceptors (Lipinski definition) is 4. The highest BCUT2D eigenvalue weighted by molar-refractivity contribution is 7.89. The molecule has 0 saturated heterocycles. The summed E-state index contributed by atoms with van der Waals surface area (Å²) >= 11 is 5.88. The molecule has 9 heteroatoms. The first-order valence-corrected chi connectivity index (χ1v) is 7.52. The summed E-state index contributed by atoms with van der Waals surface area (Å²) in [5.74, 6) is -0.717. The van der Waals surface area contributed by atoms with Crippen molar-refractivity contribution in [3.63, 3.8) is 0 Å². The van der Waals surface area contributed by atoms with E-state index >= 15 is 0 Å². The maximum absolute atomic E-state index is 12.0. The lowest BCUT2D eigenvalue weighted by Gasteiger charge is -2.08. The Bertz CT molecular complexity index is 861. The fraction of sp³-hybridized carbons (Fsp3) is 0. The van der Waals surface area contributed by atoms with Gasteiger partial charge in [-0.1, -0.05) is 11.6 Å². The van der Waals surface area contributed by atoms with Crippen LogP contribution >= 0.6 is 11.6 Å². The third-order valence-corrected chi connectivity index (χ3v) is 3.82. The van der Waals surface area contributed by atoms with Gasteiger partial charge in [0.1, 0.15) is 5.56 Å². The van der Waals surface area contributed by atoms with Gasteiger partial charge < -0.3 is 10.3 Å². The van der Waals surface area contributed by atoms with Crippen molar-refractivity contribution < 1.29 is 13.2 Å². The van der Waals surface area contributed by atoms with Crippen LogP contribution in [0, 0.1) is 0 Å². The standard InChI is InChI=1S/C12H10ClN3O4S/c13-9-2-1-7(21(14,19)20)5-10(9)16-12(18)8-6-15-4-3-11(8)17/h1-6H,(H,15,17)(H,16,18)(H2,14,19,20). The Labute approximate surface area is 124 Å². The van der Waals surface area contributed by atoms with Crippen LogP contribution in [0.3, 0.4) is 0 Å². The van der Waals surface area contributed by atoms with E-state index in [1.54, 1.807) is 0 Å². The molecule has 0 unspecified atom stereocenters. The van der Waals surface area contributed by atoms with Gasteiger partial charge in [0.25, 0.3) is 5.91 Å². The van der Waals surface area contributed by atoms with Gasteiger partial charge in [-0.2, -0.15) is 0 Å². The third-order valence-electron chi connectivity index (χ3n) is 2.58. The molecule has 0 aliphatic heterocycles. The van der Waals surface area contributed by atoms with E-state index < -0.39 is 21.4 Å². The van der Waals surface area contributed by atoms with Crippen molar-refractivity contribution in [3.05, 3.63) is 57.5 Å². The zero-order valence-electron chi connectivity index (χ0n) is 10.5. The van der Waals surface area contributed by atoms with Gasteiger partial charge in [0.15, 0.2) is 5.43 Å². The zero-order chi connectivity index (χ0) is 15.6. The number of primary sulfonamides is 1. The second-order valence-electron chi connectivity index (χ2n) is 4.06. The fourth-order valence-corrected chi connectivity index (χ4v) is 2.27. The van der Waals surface area contributed by atoms with Gasteiger partial charge in [-0.3, -0.25) is 9.59 Å². The zero-order valence-corrected chi connectivity index (χ0v) is 12.0. The molecule has 1 heterocycles. The Morgan fingerprint density at radius 1 is 1.29 bits per heavy atom. The van der Waals surface area contributed by atoms with Crippen molar-refractivity contribution in [2.75, 3.05) is 5.32 Å². The summed E-state index contributed by atoms with van der Waals surface area (Å²) in [6.07, 6.45) is 2.61.